The van der Waals surface area contributed by atoms with Gasteiger partial charge in [0.1, 0.15) is 0 Å². The van der Waals surface area contributed by atoms with Crippen molar-refractivity contribution in [3.05, 3.63) is 153 Å². The SMILES string of the molecule is C=C1[C@@H](n2ccc(=O)n(C(=O)c3ccccc3)c2=O)[C@H](COCc2ccccc2)[C@H]1COCc1ccccc1. The van der Waals surface area contributed by atoms with Crippen LogP contribution >= 0.6 is 0 Å². The summed E-state index contributed by atoms with van der Waals surface area (Å²) in [5.74, 6) is -0.844. The predicted octanol–water partition coefficient (Wildman–Crippen LogP) is 4.48. The molecule has 0 saturated heterocycles. The van der Waals surface area contributed by atoms with Crippen molar-refractivity contribution in [3.8, 4) is 0 Å². The first kappa shape index (κ1) is 26.3. The number of hydrogen-bond donors (Lipinski definition) is 0. The fraction of sp³-hybridized carbons (Fsp3) is 0.219. The molecule has 1 fully saturated rings. The lowest BCUT2D eigenvalue weighted by atomic mass is 9.66. The number of benzene rings is 3. The Kier molecular flexibility index (Phi) is 8.10. The minimum absolute atomic E-state index is 0.0495. The Morgan fingerprint density at radius 2 is 1.28 bits per heavy atom. The van der Waals surface area contributed by atoms with E-state index in [0.717, 1.165) is 16.7 Å². The molecule has 1 heterocycles. The average molecular weight is 523 g/mol. The Morgan fingerprint density at radius 3 is 1.87 bits per heavy atom. The van der Waals surface area contributed by atoms with Crippen molar-refractivity contribution in [2.24, 2.45) is 11.8 Å². The van der Waals surface area contributed by atoms with Crippen molar-refractivity contribution in [3.63, 3.8) is 0 Å². The second-order valence-electron chi connectivity index (χ2n) is 9.64. The second kappa shape index (κ2) is 12.0. The maximum Gasteiger partial charge on any atom is 0.338 e. The molecule has 1 aliphatic rings. The van der Waals surface area contributed by atoms with Gasteiger partial charge < -0.3 is 9.47 Å². The van der Waals surface area contributed by atoms with Crippen LogP contribution in [0.15, 0.2) is 125 Å². The number of aromatic nitrogens is 2. The molecule has 7 nitrogen and oxygen atoms in total. The number of hydrogen-bond acceptors (Lipinski definition) is 5. The Labute approximate surface area is 226 Å². The van der Waals surface area contributed by atoms with Gasteiger partial charge >= 0.3 is 5.69 Å². The van der Waals surface area contributed by atoms with Crippen molar-refractivity contribution in [2.75, 3.05) is 13.2 Å². The summed E-state index contributed by atoms with van der Waals surface area (Å²) in [6.45, 7) is 5.93. The topological polar surface area (TPSA) is 79.5 Å². The summed E-state index contributed by atoms with van der Waals surface area (Å²) in [6, 6.07) is 28.9. The molecule has 1 saturated carbocycles. The third-order valence-corrected chi connectivity index (χ3v) is 7.14. The lowest BCUT2D eigenvalue weighted by Gasteiger charge is -2.47. The summed E-state index contributed by atoms with van der Waals surface area (Å²) in [6.07, 6.45) is 1.44. The average Bonchev–Trinajstić information content (AvgIpc) is 2.97. The van der Waals surface area contributed by atoms with E-state index in [9.17, 15) is 14.4 Å². The highest BCUT2D eigenvalue weighted by Crippen LogP contribution is 2.48. The molecule has 1 aliphatic carbocycles. The van der Waals surface area contributed by atoms with Gasteiger partial charge in [-0.25, -0.2) is 4.79 Å². The Hall–Kier alpha value is -4.33. The van der Waals surface area contributed by atoms with Crippen LogP contribution in [0.25, 0.3) is 0 Å². The molecule has 5 rings (SSSR count). The number of carbonyl (C=O) groups excluding carboxylic acids is 1. The molecule has 0 spiro atoms. The third-order valence-electron chi connectivity index (χ3n) is 7.14. The lowest BCUT2D eigenvalue weighted by Crippen LogP contribution is -2.52. The molecule has 3 aromatic carbocycles. The standard InChI is InChI=1S/C32H30N2O5/c1-23-27(21-38-19-24-11-5-2-6-12-24)28(22-39-20-25-13-7-3-8-14-25)30(23)33-18-17-29(35)34(32(33)37)31(36)26-15-9-4-10-16-26/h2-18,27-28,30H,1,19-22H2/t27-,28+,30+/m0/s1. The van der Waals surface area contributed by atoms with E-state index in [1.165, 1.54) is 16.8 Å². The van der Waals surface area contributed by atoms with Gasteiger partial charge in [0.25, 0.3) is 11.5 Å². The molecule has 3 atom stereocenters. The maximum absolute atomic E-state index is 13.5. The van der Waals surface area contributed by atoms with Gasteiger partial charge in [-0.3, -0.25) is 14.2 Å². The molecule has 0 bridgehead atoms. The van der Waals surface area contributed by atoms with Crippen LogP contribution < -0.4 is 11.2 Å². The zero-order chi connectivity index (χ0) is 27.2. The van der Waals surface area contributed by atoms with Crippen LogP contribution in [0, 0.1) is 11.8 Å². The molecule has 7 heteroatoms. The first-order valence-corrected chi connectivity index (χ1v) is 12.9. The summed E-state index contributed by atoms with van der Waals surface area (Å²) in [7, 11) is 0. The lowest BCUT2D eigenvalue weighted by molar-refractivity contribution is -0.0183. The van der Waals surface area contributed by atoms with E-state index in [1.54, 1.807) is 30.3 Å². The summed E-state index contributed by atoms with van der Waals surface area (Å²) >= 11 is 0. The van der Waals surface area contributed by atoms with Crippen molar-refractivity contribution < 1.29 is 14.3 Å². The van der Waals surface area contributed by atoms with E-state index in [1.807, 2.05) is 60.7 Å². The van der Waals surface area contributed by atoms with Crippen LogP contribution in [0.4, 0.5) is 0 Å². The van der Waals surface area contributed by atoms with Crippen molar-refractivity contribution in [1.82, 2.24) is 9.13 Å². The van der Waals surface area contributed by atoms with Gasteiger partial charge in [-0.15, -0.1) is 0 Å². The van der Waals surface area contributed by atoms with E-state index >= 15 is 0 Å². The molecular formula is C32H30N2O5. The fourth-order valence-corrected chi connectivity index (χ4v) is 5.06. The minimum Gasteiger partial charge on any atom is -0.376 e. The Bertz CT molecular complexity index is 1540. The van der Waals surface area contributed by atoms with E-state index in [0.29, 0.717) is 31.0 Å². The molecular weight excluding hydrogens is 492 g/mol. The monoisotopic (exact) mass is 522 g/mol. The molecule has 39 heavy (non-hydrogen) atoms. The molecule has 0 N–H and O–H groups in total. The van der Waals surface area contributed by atoms with E-state index in [2.05, 4.69) is 6.58 Å². The summed E-state index contributed by atoms with van der Waals surface area (Å²) in [5, 5.41) is 0. The molecule has 1 aromatic heterocycles. The first-order chi connectivity index (χ1) is 19.0. The molecule has 4 aromatic rings. The van der Waals surface area contributed by atoms with Gasteiger partial charge in [0, 0.05) is 29.7 Å². The van der Waals surface area contributed by atoms with E-state index < -0.39 is 23.2 Å². The zero-order valence-corrected chi connectivity index (χ0v) is 21.5. The largest absolute Gasteiger partial charge is 0.376 e. The smallest absolute Gasteiger partial charge is 0.338 e. The summed E-state index contributed by atoms with van der Waals surface area (Å²) < 4.78 is 14.2. The van der Waals surface area contributed by atoms with E-state index in [-0.39, 0.29) is 17.4 Å². The normalized spacial score (nSPS) is 18.5. The van der Waals surface area contributed by atoms with Crippen molar-refractivity contribution in [2.45, 2.75) is 19.3 Å². The fourth-order valence-electron chi connectivity index (χ4n) is 5.06. The zero-order valence-electron chi connectivity index (χ0n) is 21.5. The van der Waals surface area contributed by atoms with E-state index in [4.69, 9.17) is 9.47 Å². The van der Waals surface area contributed by atoms with Crippen LogP contribution in [0.2, 0.25) is 0 Å². The van der Waals surface area contributed by atoms with Gasteiger partial charge in [0.05, 0.1) is 32.5 Å². The number of ether oxygens (including phenoxy) is 2. The van der Waals surface area contributed by atoms with Gasteiger partial charge in [0.2, 0.25) is 0 Å². The third kappa shape index (κ3) is 5.74. The maximum atomic E-state index is 13.5. The van der Waals surface area contributed by atoms with Crippen molar-refractivity contribution in [1.29, 1.82) is 0 Å². The van der Waals surface area contributed by atoms with Crippen LogP contribution in [-0.2, 0) is 22.7 Å². The van der Waals surface area contributed by atoms with Gasteiger partial charge in [-0.2, -0.15) is 4.57 Å². The molecule has 198 valence electrons. The van der Waals surface area contributed by atoms with Crippen LogP contribution in [0.5, 0.6) is 0 Å². The summed E-state index contributed by atoms with van der Waals surface area (Å²) in [5.41, 5.74) is 1.81. The number of rotatable bonds is 10. The highest BCUT2D eigenvalue weighted by molar-refractivity contribution is 5.95. The molecule has 0 radical (unpaired) electrons. The quantitative estimate of drug-likeness (QED) is 0.287. The van der Waals surface area contributed by atoms with Gasteiger partial charge in [0.15, 0.2) is 0 Å². The highest BCUT2D eigenvalue weighted by Gasteiger charge is 2.46. The number of carbonyl (C=O) groups is 1. The Morgan fingerprint density at radius 1 is 0.744 bits per heavy atom. The first-order valence-electron chi connectivity index (χ1n) is 12.9. The number of nitrogens with zero attached hydrogens (tertiary/aromatic N) is 2. The van der Waals surface area contributed by atoms with Gasteiger partial charge in [-0.05, 0) is 28.8 Å². The van der Waals surface area contributed by atoms with Crippen molar-refractivity contribution >= 4 is 5.91 Å². The minimum atomic E-state index is -0.695. The van der Waals surface area contributed by atoms with Crippen LogP contribution in [0.1, 0.15) is 27.5 Å². The second-order valence-corrected chi connectivity index (χ2v) is 9.64. The predicted molar refractivity (Wildman–Crippen MR) is 148 cm³/mol. The summed E-state index contributed by atoms with van der Waals surface area (Å²) in [4.78, 5) is 39.2. The molecule has 0 unspecified atom stereocenters. The highest BCUT2D eigenvalue weighted by atomic mass is 16.5. The molecule has 0 amide bonds. The van der Waals surface area contributed by atoms with Gasteiger partial charge in [-0.1, -0.05) is 85.4 Å². The van der Waals surface area contributed by atoms with Crippen LogP contribution in [0.3, 0.4) is 0 Å². The molecule has 0 aliphatic heterocycles. The Balaban J connectivity index is 1.38. The van der Waals surface area contributed by atoms with Crippen LogP contribution in [-0.4, -0.2) is 28.3 Å².